The lowest BCUT2D eigenvalue weighted by Crippen LogP contribution is -2.74. The van der Waals surface area contributed by atoms with E-state index in [0.717, 1.165) is 12.8 Å². The molecule has 0 spiro atoms. The number of para-hydroxylation sites is 1. The van der Waals surface area contributed by atoms with Gasteiger partial charge in [-0.1, -0.05) is 197 Å². The fourth-order valence-corrected chi connectivity index (χ4v) is 16.4. The lowest BCUT2D eigenvalue weighted by Gasteiger charge is -2.35. The molecule has 61 heavy (non-hydrogen) atoms. The number of benzene rings is 7. The van der Waals surface area contributed by atoms with Crippen molar-refractivity contribution in [2.75, 3.05) is 0 Å². The maximum Gasteiger partial charge on any atom is 0.179 e. The quantitative estimate of drug-likeness (QED) is 0.117. The molecular weight excluding hydrogens is 753 g/mol. The summed E-state index contributed by atoms with van der Waals surface area (Å²) in [5.74, 6) is 0.385. The van der Waals surface area contributed by atoms with Gasteiger partial charge in [-0.2, -0.15) is 0 Å². The molecule has 2 unspecified atom stereocenters. The number of allylic oxidation sites excluding steroid dienone is 4. The summed E-state index contributed by atoms with van der Waals surface area (Å²) in [6.45, 7) is 7.14. The van der Waals surface area contributed by atoms with Crippen LogP contribution in [0.25, 0.3) is 61.7 Å². The van der Waals surface area contributed by atoms with E-state index in [9.17, 15) is 0 Å². The minimum atomic E-state index is -2.98. The second kappa shape index (κ2) is 13.7. The topological polar surface area (TPSA) is 9.86 Å². The van der Waals surface area contributed by atoms with Crippen LogP contribution in [-0.4, -0.2) is 17.2 Å². The molecule has 0 bridgehead atoms. The van der Waals surface area contributed by atoms with Gasteiger partial charge in [0.2, 0.25) is 0 Å². The first-order valence-electron chi connectivity index (χ1n) is 22.0. The molecule has 2 aromatic heterocycles. The van der Waals surface area contributed by atoms with E-state index in [4.69, 9.17) is 0 Å². The van der Waals surface area contributed by atoms with E-state index in [0.29, 0.717) is 5.92 Å². The molecule has 7 aromatic carbocycles. The first kappa shape index (κ1) is 36.2. The molecule has 0 N–H and O–H groups in total. The molecule has 2 atom stereocenters. The van der Waals surface area contributed by atoms with Crippen molar-refractivity contribution in [1.82, 2.24) is 9.13 Å². The van der Waals surface area contributed by atoms with Crippen LogP contribution in [0.4, 0.5) is 0 Å². The van der Waals surface area contributed by atoms with Crippen LogP contribution in [0.2, 0.25) is 0 Å². The first-order chi connectivity index (χ1) is 30.0. The van der Waals surface area contributed by atoms with Crippen molar-refractivity contribution < 1.29 is 0 Å². The van der Waals surface area contributed by atoms with Crippen molar-refractivity contribution in [3.63, 3.8) is 0 Å². The fourth-order valence-electron chi connectivity index (χ4n) is 11.6. The Morgan fingerprint density at radius 1 is 0.541 bits per heavy atom. The third-order valence-corrected chi connectivity index (χ3v) is 19.1. The van der Waals surface area contributed by atoms with Crippen LogP contribution in [0.1, 0.15) is 50.8 Å². The summed E-state index contributed by atoms with van der Waals surface area (Å²) < 4.78 is 5.25. The zero-order chi connectivity index (χ0) is 40.9. The molecule has 0 radical (unpaired) electrons. The van der Waals surface area contributed by atoms with Crippen molar-refractivity contribution in [2.24, 2.45) is 5.92 Å². The predicted molar refractivity (Wildman–Crippen MR) is 261 cm³/mol. The minimum absolute atomic E-state index is 0.0987. The number of nitrogens with zero attached hydrogens (tertiary/aromatic N) is 2. The van der Waals surface area contributed by atoms with Crippen molar-refractivity contribution in [2.45, 2.75) is 45.1 Å². The van der Waals surface area contributed by atoms with Gasteiger partial charge in [0.05, 0.1) is 17.1 Å². The fraction of sp³-hybridized carbons (Fsp3) is 0.138. The predicted octanol–water partition coefficient (Wildman–Crippen LogP) is 10.1. The third kappa shape index (κ3) is 5.14. The standard InChI is InChI=1S/C58H48N2Si/c1-39-19-10-15-30-52(39)60-54-32-17-12-26-45(54)47-34-33-44(38-55(47)60)61(41-21-6-4-7-22-41,42-23-8-5-9-24-42)43-25-18-20-40(37-43)59-53-31-16-13-27-46(53)48-35-36-51-56(57(48)59)49-28-11-14-29-50(49)58(51,2)3/h4-11,13-16,18-39,52H,12,17H2,1-3H3. The van der Waals surface area contributed by atoms with Gasteiger partial charge in [-0.3, -0.25) is 0 Å². The van der Waals surface area contributed by atoms with Gasteiger partial charge >= 0.3 is 0 Å². The molecular formula is C58H48N2Si. The number of hydrogen-bond donors (Lipinski definition) is 0. The molecule has 0 aliphatic heterocycles. The lowest BCUT2D eigenvalue weighted by atomic mass is 9.82. The molecule has 12 rings (SSSR count). The Balaban J connectivity index is 1.18. The third-order valence-electron chi connectivity index (χ3n) is 14.4. The zero-order valence-corrected chi connectivity index (χ0v) is 36.0. The van der Waals surface area contributed by atoms with Crippen LogP contribution < -0.4 is 31.3 Å². The summed E-state index contributed by atoms with van der Waals surface area (Å²) in [6, 6.07) is 63.2. The van der Waals surface area contributed by atoms with Crippen LogP contribution in [0.3, 0.4) is 0 Å². The number of hydrogen-bond acceptors (Lipinski definition) is 0. The molecule has 294 valence electrons. The van der Waals surface area contributed by atoms with Gasteiger partial charge in [-0.15, -0.1) is 0 Å². The van der Waals surface area contributed by atoms with Crippen LogP contribution in [0.5, 0.6) is 0 Å². The lowest BCUT2D eigenvalue weighted by molar-refractivity contribution is 0.489. The van der Waals surface area contributed by atoms with E-state index in [1.54, 1.807) is 0 Å². The molecule has 3 heteroatoms. The molecule has 2 heterocycles. The SMILES string of the molecule is CC1C=CC=CC1n1c2c(c3ccc([Si](c4ccccc4)(c4ccccc4)c4cccc(-n5c6ccccc6c6ccc7c(c65)-c5ccccc5C7(C)C)c4)cc31)=CCCC=2. The van der Waals surface area contributed by atoms with Gasteiger partial charge in [0.1, 0.15) is 0 Å². The number of fused-ring (bicyclic) bond motifs is 10. The highest BCUT2D eigenvalue weighted by atomic mass is 28.3. The van der Waals surface area contributed by atoms with E-state index in [2.05, 4.69) is 230 Å². The Bertz CT molecular complexity index is 3380. The van der Waals surface area contributed by atoms with E-state index in [-0.39, 0.29) is 11.5 Å². The molecule has 3 aliphatic rings. The smallest absolute Gasteiger partial charge is 0.179 e. The highest BCUT2D eigenvalue weighted by molar-refractivity contribution is 7.20. The molecule has 0 fully saturated rings. The van der Waals surface area contributed by atoms with Gasteiger partial charge in [-0.25, -0.2) is 0 Å². The normalized spacial score (nSPS) is 17.6. The Hall–Kier alpha value is -6.68. The minimum Gasteiger partial charge on any atom is -0.333 e. The molecule has 9 aromatic rings. The summed E-state index contributed by atoms with van der Waals surface area (Å²) >= 11 is 0. The van der Waals surface area contributed by atoms with Crippen molar-refractivity contribution in [1.29, 1.82) is 0 Å². The van der Waals surface area contributed by atoms with Crippen LogP contribution in [0, 0.1) is 5.92 Å². The Labute approximate surface area is 358 Å². The summed E-state index contributed by atoms with van der Waals surface area (Å²) in [6.07, 6.45) is 16.3. The highest BCUT2D eigenvalue weighted by Crippen LogP contribution is 2.52. The van der Waals surface area contributed by atoms with E-state index in [1.807, 2.05) is 0 Å². The van der Waals surface area contributed by atoms with Crippen LogP contribution in [-0.2, 0) is 5.41 Å². The Morgan fingerprint density at radius 3 is 2.02 bits per heavy atom. The maximum atomic E-state index is 2.66. The average molecular weight is 801 g/mol. The Morgan fingerprint density at radius 2 is 1.21 bits per heavy atom. The summed E-state index contributed by atoms with van der Waals surface area (Å²) in [5, 5.41) is 12.2. The van der Waals surface area contributed by atoms with E-state index in [1.165, 1.54) is 92.0 Å². The van der Waals surface area contributed by atoms with Crippen molar-refractivity contribution in [3.05, 3.63) is 210 Å². The Kier molecular flexibility index (Phi) is 8.11. The number of aromatic nitrogens is 2. The molecule has 2 nitrogen and oxygen atoms in total. The van der Waals surface area contributed by atoms with Gasteiger partial charge in [0, 0.05) is 48.9 Å². The van der Waals surface area contributed by atoms with Crippen molar-refractivity contribution in [3.8, 4) is 16.8 Å². The van der Waals surface area contributed by atoms with Crippen LogP contribution in [0.15, 0.2) is 188 Å². The molecule has 3 aliphatic carbocycles. The maximum absolute atomic E-state index is 2.98. The second-order valence-electron chi connectivity index (χ2n) is 17.9. The van der Waals surface area contributed by atoms with Gasteiger partial charge in [0.15, 0.2) is 8.07 Å². The van der Waals surface area contributed by atoms with Crippen molar-refractivity contribution >= 4 is 73.7 Å². The summed E-state index contributed by atoms with van der Waals surface area (Å²) in [4.78, 5) is 0. The molecule has 0 saturated heterocycles. The number of rotatable bonds is 6. The van der Waals surface area contributed by atoms with Gasteiger partial charge < -0.3 is 9.13 Å². The van der Waals surface area contributed by atoms with E-state index < -0.39 is 8.07 Å². The molecule has 0 amide bonds. The van der Waals surface area contributed by atoms with Gasteiger partial charge in [0.25, 0.3) is 0 Å². The van der Waals surface area contributed by atoms with E-state index >= 15 is 0 Å². The van der Waals surface area contributed by atoms with Gasteiger partial charge in [-0.05, 0) is 80.5 Å². The average Bonchev–Trinajstić information content (AvgIpc) is 3.91. The monoisotopic (exact) mass is 800 g/mol. The largest absolute Gasteiger partial charge is 0.333 e. The second-order valence-corrected chi connectivity index (χ2v) is 21.8. The highest BCUT2D eigenvalue weighted by Gasteiger charge is 2.43. The molecule has 0 saturated carbocycles. The zero-order valence-electron chi connectivity index (χ0n) is 35.0. The summed E-state index contributed by atoms with van der Waals surface area (Å²) in [5.41, 5.74) is 10.4. The van der Waals surface area contributed by atoms with Crippen LogP contribution >= 0.6 is 0 Å². The summed E-state index contributed by atoms with van der Waals surface area (Å²) in [7, 11) is -2.98. The first-order valence-corrected chi connectivity index (χ1v) is 24.0.